The van der Waals surface area contributed by atoms with Crippen LogP contribution in [0.3, 0.4) is 0 Å². The van der Waals surface area contributed by atoms with E-state index in [9.17, 15) is 4.79 Å². The molecule has 0 bridgehead atoms. The van der Waals surface area contributed by atoms with Crippen molar-refractivity contribution in [2.24, 2.45) is 0 Å². The average Bonchev–Trinajstić information content (AvgIpc) is 2.53. The molecule has 126 valence electrons. The molecule has 24 heavy (non-hydrogen) atoms. The van der Waals surface area contributed by atoms with Gasteiger partial charge < -0.3 is 4.74 Å². The summed E-state index contributed by atoms with van der Waals surface area (Å²) in [5.41, 5.74) is 2.77. The van der Waals surface area contributed by atoms with Crippen LogP contribution in [0.15, 0.2) is 42.5 Å². The second-order valence-electron chi connectivity index (χ2n) is 6.57. The lowest BCUT2D eigenvalue weighted by molar-refractivity contribution is 0.103. The van der Waals surface area contributed by atoms with Gasteiger partial charge in [-0.3, -0.25) is 4.79 Å². The predicted octanol–water partition coefficient (Wildman–Crippen LogP) is 5.58. The fourth-order valence-corrected chi connectivity index (χ4v) is 2.85. The molecule has 2 aromatic carbocycles. The quantitative estimate of drug-likeness (QED) is 0.525. The molecular weight excluding hydrogens is 340 g/mol. The van der Waals surface area contributed by atoms with Crippen molar-refractivity contribution in [3.63, 3.8) is 0 Å². The maximum atomic E-state index is 12.9. The van der Waals surface area contributed by atoms with Gasteiger partial charge in [0, 0.05) is 21.7 Å². The minimum Gasteiger partial charge on any atom is -0.483 e. The normalized spacial score (nSPS) is 11.2. The zero-order chi connectivity index (χ0) is 17.9. The van der Waals surface area contributed by atoms with Crippen LogP contribution in [-0.4, -0.2) is 17.4 Å². The molecule has 0 spiro atoms. The van der Waals surface area contributed by atoms with Gasteiger partial charge in [-0.1, -0.05) is 50.6 Å². The maximum absolute atomic E-state index is 12.9. The van der Waals surface area contributed by atoms with Gasteiger partial charge in [-0.15, -0.1) is 0 Å². The van der Waals surface area contributed by atoms with Gasteiger partial charge in [0.15, 0.2) is 10.8 Å². The highest BCUT2D eigenvalue weighted by molar-refractivity contribution is 7.80. The minimum absolute atomic E-state index is 0.0474. The van der Waals surface area contributed by atoms with Crippen LogP contribution in [0.2, 0.25) is 5.02 Å². The summed E-state index contributed by atoms with van der Waals surface area (Å²) >= 11 is 11.4. The predicted molar refractivity (Wildman–Crippen MR) is 103 cm³/mol. The second-order valence-corrected chi connectivity index (χ2v) is 7.38. The van der Waals surface area contributed by atoms with E-state index in [0.29, 0.717) is 33.4 Å². The number of thiocarbonyl (C=S) groups is 1. The first-order valence-electron chi connectivity index (χ1n) is 7.86. The highest BCUT2D eigenvalue weighted by Gasteiger charge is 2.21. The van der Waals surface area contributed by atoms with Crippen molar-refractivity contribution in [3.8, 4) is 0 Å². The summed E-state index contributed by atoms with van der Waals surface area (Å²) in [5.74, 6) is -0.116. The Bertz CT molecular complexity index is 775. The number of carbonyl (C=O) groups excluding carboxylic acids is 1. The Labute approximate surface area is 153 Å². The standard InChI is InChI=1S/C20H21ClO2S/c1-5-23-19(24)17-12-14(20(2,3)4)9-10-16(17)18(22)13-7-6-8-15(21)11-13/h6-12H,5H2,1-4H3. The lowest BCUT2D eigenvalue weighted by atomic mass is 9.84. The third-order valence-corrected chi connectivity index (χ3v) is 4.29. The Morgan fingerprint density at radius 1 is 1.12 bits per heavy atom. The van der Waals surface area contributed by atoms with Gasteiger partial charge in [0.05, 0.1) is 6.61 Å². The van der Waals surface area contributed by atoms with Crippen LogP contribution in [0, 0.1) is 0 Å². The largest absolute Gasteiger partial charge is 0.483 e. The summed E-state index contributed by atoms with van der Waals surface area (Å²) in [5, 5.41) is 0.870. The van der Waals surface area contributed by atoms with Crippen LogP contribution in [0.1, 0.15) is 54.7 Å². The van der Waals surface area contributed by atoms with Crippen molar-refractivity contribution >= 4 is 34.7 Å². The Kier molecular flexibility index (Phi) is 5.79. The van der Waals surface area contributed by atoms with Crippen LogP contribution in [0.4, 0.5) is 0 Å². The van der Waals surface area contributed by atoms with Gasteiger partial charge >= 0.3 is 0 Å². The lowest BCUT2D eigenvalue weighted by Gasteiger charge is -2.21. The van der Waals surface area contributed by atoms with E-state index in [-0.39, 0.29) is 11.2 Å². The number of halogens is 1. The molecule has 2 nitrogen and oxygen atoms in total. The van der Waals surface area contributed by atoms with Crippen LogP contribution >= 0.6 is 23.8 Å². The highest BCUT2D eigenvalue weighted by atomic mass is 35.5. The first-order chi connectivity index (χ1) is 11.2. The summed E-state index contributed by atoms with van der Waals surface area (Å²) < 4.78 is 5.50. The molecule has 2 rings (SSSR count). The molecule has 0 aliphatic carbocycles. The first-order valence-corrected chi connectivity index (χ1v) is 8.64. The summed E-state index contributed by atoms with van der Waals surface area (Å²) in [6.45, 7) is 8.69. The van der Waals surface area contributed by atoms with Crippen LogP contribution in [0.25, 0.3) is 0 Å². The third kappa shape index (κ3) is 4.22. The number of ether oxygens (including phenoxy) is 1. The average molecular weight is 361 g/mol. The summed E-state index contributed by atoms with van der Waals surface area (Å²) in [6, 6.07) is 12.7. The highest BCUT2D eigenvalue weighted by Crippen LogP contribution is 2.27. The smallest absolute Gasteiger partial charge is 0.193 e. The van der Waals surface area contributed by atoms with Crippen LogP contribution < -0.4 is 0 Å². The summed E-state index contributed by atoms with van der Waals surface area (Å²) in [7, 11) is 0. The fourth-order valence-electron chi connectivity index (χ4n) is 2.37. The van der Waals surface area contributed by atoms with E-state index in [1.807, 2.05) is 25.1 Å². The van der Waals surface area contributed by atoms with Crippen molar-refractivity contribution < 1.29 is 9.53 Å². The second kappa shape index (κ2) is 7.45. The number of hydrogen-bond acceptors (Lipinski definition) is 3. The molecule has 0 amide bonds. The molecule has 0 fully saturated rings. The van der Waals surface area contributed by atoms with Gasteiger partial charge in [-0.2, -0.15) is 0 Å². The zero-order valence-corrected chi connectivity index (χ0v) is 15.9. The van der Waals surface area contributed by atoms with Crippen molar-refractivity contribution in [2.45, 2.75) is 33.1 Å². The number of carbonyl (C=O) groups is 1. The van der Waals surface area contributed by atoms with Crippen LogP contribution in [-0.2, 0) is 10.2 Å². The van der Waals surface area contributed by atoms with E-state index in [0.717, 1.165) is 5.56 Å². The van der Waals surface area contributed by atoms with E-state index in [1.54, 1.807) is 24.3 Å². The summed E-state index contributed by atoms with van der Waals surface area (Å²) in [4.78, 5) is 12.9. The van der Waals surface area contributed by atoms with E-state index in [2.05, 4.69) is 20.8 Å². The van der Waals surface area contributed by atoms with E-state index in [1.165, 1.54) is 0 Å². The van der Waals surface area contributed by atoms with Gasteiger partial charge in [0.25, 0.3) is 0 Å². The first kappa shape index (κ1) is 18.6. The van der Waals surface area contributed by atoms with Gasteiger partial charge in [0.2, 0.25) is 0 Å². The summed E-state index contributed by atoms with van der Waals surface area (Å²) in [6.07, 6.45) is 0. The van der Waals surface area contributed by atoms with E-state index in [4.69, 9.17) is 28.6 Å². The van der Waals surface area contributed by atoms with Crippen LogP contribution in [0.5, 0.6) is 0 Å². The molecule has 0 saturated heterocycles. The SMILES string of the molecule is CCOC(=S)c1cc(C(C)(C)C)ccc1C(=O)c1cccc(Cl)c1. The molecule has 0 unspecified atom stereocenters. The van der Waals surface area contributed by atoms with Crippen molar-refractivity contribution in [3.05, 3.63) is 69.7 Å². The molecule has 0 aromatic heterocycles. The van der Waals surface area contributed by atoms with E-state index >= 15 is 0 Å². The van der Waals surface area contributed by atoms with E-state index < -0.39 is 0 Å². The third-order valence-electron chi connectivity index (χ3n) is 3.71. The number of hydrogen-bond donors (Lipinski definition) is 0. The number of rotatable bonds is 4. The molecule has 4 heteroatoms. The van der Waals surface area contributed by atoms with Crippen molar-refractivity contribution in [1.29, 1.82) is 0 Å². The van der Waals surface area contributed by atoms with Crippen molar-refractivity contribution in [2.75, 3.05) is 6.61 Å². The topological polar surface area (TPSA) is 26.3 Å². The fraction of sp³-hybridized carbons (Fsp3) is 0.300. The number of benzene rings is 2. The lowest BCUT2D eigenvalue weighted by Crippen LogP contribution is -2.16. The Morgan fingerprint density at radius 2 is 1.83 bits per heavy atom. The molecular formula is C20H21ClO2S. The van der Waals surface area contributed by atoms with Gasteiger partial charge in [0.1, 0.15) is 0 Å². The molecule has 0 saturated carbocycles. The number of ketones is 1. The monoisotopic (exact) mass is 360 g/mol. The zero-order valence-electron chi connectivity index (χ0n) is 14.4. The molecule has 0 aliphatic heterocycles. The molecule has 0 N–H and O–H groups in total. The minimum atomic E-state index is -0.116. The Hall–Kier alpha value is -1.71. The molecule has 0 atom stereocenters. The van der Waals surface area contributed by atoms with Crippen molar-refractivity contribution in [1.82, 2.24) is 0 Å². The molecule has 2 aromatic rings. The molecule has 0 radical (unpaired) electrons. The maximum Gasteiger partial charge on any atom is 0.193 e. The van der Waals surface area contributed by atoms with Gasteiger partial charge in [-0.25, -0.2) is 0 Å². The van der Waals surface area contributed by atoms with Gasteiger partial charge in [-0.05, 0) is 54.4 Å². The molecule has 0 heterocycles. The Morgan fingerprint density at radius 3 is 2.42 bits per heavy atom. The Balaban J connectivity index is 2.56. The molecule has 0 aliphatic rings.